The fourth-order valence-electron chi connectivity index (χ4n) is 3.20. The molecule has 0 bridgehead atoms. The summed E-state index contributed by atoms with van der Waals surface area (Å²) in [4.78, 5) is 7.07. The average Bonchev–Trinajstić information content (AvgIpc) is 2.67. The van der Waals surface area contributed by atoms with Crippen molar-refractivity contribution in [3.8, 4) is 0 Å². The van der Waals surface area contributed by atoms with E-state index in [-0.39, 0.29) is 6.04 Å². The van der Waals surface area contributed by atoms with E-state index in [4.69, 9.17) is 4.74 Å². The zero-order valence-electron chi connectivity index (χ0n) is 16.4. The number of aliphatic hydroxyl groups excluding tert-OH is 1. The van der Waals surface area contributed by atoms with Gasteiger partial charge in [-0.3, -0.25) is 0 Å². The first-order valence-corrected chi connectivity index (χ1v) is 9.64. The van der Waals surface area contributed by atoms with Gasteiger partial charge in [-0.25, -0.2) is 4.99 Å². The summed E-state index contributed by atoms with van der Waals surface area (Å²) in [6.07, 6.45) is 2.14. The monoisotopic (exact) mass is 362 g/mol. The molecule has 0 aliphatic carbocycles. The molecule has 0 saturated carbocycles. The van der Waals surface area contributed by atoms with Crippen LogP contribution in [0, 0.1) is 5.92 Å². The van der Waals surface area contributed by atoms with Gasteiger partial charge in [0.15, 0.2) is 5.96 Å². The van der Waals surface area contributed by atoms with Crippen LogP contribution in [0.15, 0.2) is 29.3 Å². The summed E-state index contributed by atoms with van der Waals surface area (Å²) < 4.78 is 5.17. The molecule has 1 atom stereocenters. The van der Waals surface area contributed by atoms with Crippen molar-refractivity contribution in [1.82, 2.24) is 10.6 Å². The van der Waals surface area contributed by atoms with Crippen LogP contribution in [-0.4, -0.2) is 57.1 Å². The number of anilines is 1. The molecule has 1 saturated heterocycles. The molecule has 1 heterocycles. The molecule has 6 nitrogen and oxygen atoms in total. The highest BCUT2D eigenvalue weighted by Crippen LogP contribution is 2.23. The molecule has 146 valence electrons. The molecule has 6 heteroatoms. The number of hydrogen-bond acceptors (Lipinski definition) is 4. The van der Waals surface area contributed by atoms with E-state index in [1.54, 1.807) is 7.11 Å². The summed E-state index contributed by atoms with van der Waals surface area (Å²) in [5.41, 5.74) is 2.45. The second-order valence-corrected chi connectivity index (χ2v) is 6.98. The van der Waals surface area contributed by atoms with Crippen LogP contribution in [0.5, 0.6) is 0 Å². The third-order valence-corrected chi connectivity index (χ3v) is 4.74. The SMILES string of the molecule is CCNC(=NCc1ccc(N2CCC(CO)CC2)cc1)NC(C)COC. The number of aliphatic imine (C=N–C) groups is 1. The summed E-state index contributed by atoms with van der Waals surface area (Å²) in [5, 5.41) is 15.9. The van der Waals surface area contributed by atoms with Crippen LogP contribution in [0.25, 0.3) is 0 Å². The fraction of sp³-hybridized carbons (Fsp3) is 0.650. The van der Waals surface area contributed by atoms with Gasteiger partial charge in [0.05, 0.1) is 13.2 Å². The molecule has 1 aliphatic heterocycles. The number of hydrogen-bond donors (Lipinski definition) is 3. The van der Waals surface area contributed by atoms with Crippen LogP contribution in [0.4, 0.5) is 5.69 Å². The number of benzene rings is 1. The van der Waals surface area contributed by atoms with Gasteiger partial charge in [-0.1, -0.05) is 12.1 Å². The van der Waals surface area contributed by atoms with Crippen molar-refractivity contribution < 1.29 is 9.84 Å². The average molecular weight is 363 g/mol. The molecule has 1 aromatic carbocycles. The van der Waals surface area contributed by atoms with E-state index in [2.05, 4.69) is 58.6 Å². The number of aliphatic hydroxyl groups is 1. The number of rotatable bonds is 8. The van der Waals surface area contributed by atoms with Gasteiger partial charge in [-0.05, 0) is 50.3 Å². The lowest BCUT2D eigenvalue weighted by molar-refractivity contribution is 0.179. The van der Waals surface area contributed by atoms with Crippen molar-refractivity contribution in [2.24, 2.45) is 10.9 Å². The lowest BCUT2D eigenvalue weighted by atomic mass is 9.97. The molecule has 2 rings (SSSR count). The van der Waals surface area contributed by atoms with E-state index < -0.39 is 0 Å². The lowest BCUT2D eigenvalue weighted by Gasteiger charge is -2.32. The number of nitrogens with zero attached hydrogens (tertiary/aromatic N) is 2. The second kappa shape index (κ2) is 11.0. The molecule has 0 amide bonds. The summed E-state index contributed by atoms with van der Waals surface area (Å²) in [6.45, 7) is 8.61. The molecule has 1 fully saturated rings. The number of guanidine groups is 1. The molecule has 1 unspecified atom stereocenters. The van der Waals surface area contributed by atoms with Gasteiger partial charge in [-0.15, -0.1) is 0 Å². The van der Waals surface area contributed by atoms with Crippen molar-refractivity contribution in [3.63, 3.8) is 0 Å². The first kappa shape index (κ1) is 20.5. The van der Waals surface area contributed by atoms with Crippen LogP contribution >= 0.6 is 0 Å². The van der Waals surface area contributed by atoms with Crippen LogP contribution in [-0.2, 0) is 11.3 Å². The Kier molecular flexibility index (Phi) is 8.71. The van der Waals surface area contributed by atoms with Crippen molar-refractivity contribution in [1.29, 1.82) is 0 Å². The number of piperidine rings is 1. The Hall–Kier alpha value is -1.79. The Bertz CT molecular complexity index is 539. The summed E-state index contributed by atoms with van der Waals surface area (Å²) in [7, 11) is 1.70. The molecule has 1 aromatic rings. The Labute approximate surface area is 157 Å². The van der Waals surface area contributed by atoms with Crippen molar-refractivity contribution in [2.45, 2.75) is 39.3 Å². The first-order chi connectivity index (χ1) is 12.7. The predicted octanol–water partition coefficient (Wildman–Crippen LogP) is 1.99. The molecule has 0 radical (unpaired) electrons. The number of ether oxygens (including phenoxy) is 1. The standard InChI is InChI=1S/C20H34N4O2/c1-4-21-20(23-16(2)15-26-3)22-13-17-5-7-19(8-6-17)24-11-9-18(14-25)10-12-24/h5-8,16,18,25H,4,9-15H2,1-3H3,(H2,21,22,23). The van der Waals surface area contributed by atoms with E-state index in [0.717, 1.165) is 38.4 Å². The van der Waals surface area contributed by atoms with Crippen LogP contribution in [0.3, 0.4) is 0 Å². The summed E-state index contributed by atoms with van der Waals surface area (Å²) in [5.74, 6) is 1.28. The van der Waals surface area contributed by atoms with E-state index in [1.165, 1.54) is 11.3 Å². The minimum Gasteiger partial charge on any atom is -0.396 e. The predicted molar refractivity (Wildman–Crippen MR) is 108 cm³/mol. The molecular formula is C20H34N4O2. The number of methoxy groups -OCH3 is 1. The third kappa shape index (κ3) is 6.50. The minimum atomic E-state index is 0.210. The van der Waals surface area contributed by atoms with Crippen LogP contribution < -0.4 is 15.5 Å². The third-order valence-electron chi connectivity index (χ3n) is 4.74. The minimum absolute atomic E-state index is 0.210. The van der Waals surface area contributed by atoms with Crippen LogP contribution in [0.2, 0.25) is 0 Å². The second-order valence-electron chi connectivity index (χ2n) is 6.98. The van der Waals surface area contributed by atoms with Gasteiger partial charge in [0.1, 0.15) is 0 Å². The topological polar surface area (TPSA) is 69.1 Å². The quantitative estimate of drug-likeness (QED) is 0.487. The molecule has 1 aliphatic rings. The fourth-order valence-corrected chi connectivity index (χ4v) is 3.20. The van der Waals surface area contributed by atoms with Crippen LogP contribution in [0.1, 0.15) is 32.3 Å². The lowest BCUT2D eigenvalue weighted by Crippen LogP contribution is -2.43. The van der Waals surface area contributed by atoms with Gasteiger partial charge in [-0.2, -0.15) is 0 Å². The van der Waals surface area contributed by atoms with Crippen molar-refractivity contribution >= 4 is 11.6 Å². The maximum atomic E-state index is 9.26. The number of nitrogens with one attached hydrogen (secondary N) is 2. The van der Waals surface area contributed by atoms with Gasteiger partial charge in [0, 0.05) is 45.1 Å². The van der Waals surface area contributed by atoms with Gasteiger partial charge >= 0.3 is 0 Å². The zero-order chi connectivity index (χ0) is 18.8. The van der Waals surface area contributed by atoms with Gasteiger partial charge in [0.25, 0.3) is 0 Å². The van der Waals surface area contributed by atoms with Crippen molar-refractivity contribution in [2.75, 3.05) is 44.9 Å². The Morgan fingerprint density at radius 1 is 1.31 bits per heavy atom. The maximum absolute atomic E-state index is 9.26. The molecule has 0 spiro atoms. The Balaban J connectivity index is 1.90. The Morgan fingerprint density at radius 2 is 2.00 bits per heavy atom. The van der Waals surface area contributed by atoms with E-state index in [9.17, 15) is 5.11 Å². The van der Waals surface area contributed by atoms with Crippen molar-refractivity contribution in [3.05, 3.63) is 29.8 Å². The normalized spacial score (nSPS) is 17.2. The van der Waals surface area contributed by atoms with E-state index in [1.807, 2.05) is 0 Å². The largest absolute Gasteiger partial charge is 0.396 e. The smallest absolute Gasteiger partial charge is 0.191 e. The first-order valence-electron chi connectivity index (χ1n) is 9.64. The molecule has 3 N–H and O–H groups in total. The molecular weight excluding hydrogens is 328 g/mol. The molecule has 26 heavy (non-hydrogen) atoms. The highest BCUT2D eigenvalue weighted by Gasteiger charge is 2.18. The molecule has 0 aromatic heterocycles. The van der Waals surface area contributed by atoms with Gasteiger partial charge < -0.3 is 25.4 Å². The van der Waals surface area contributed by atoms with Gasteiger partial charge in [0.2, 0.25) is 0 Å². The van der Waals surface area contributed by atoms with E-state index >= 15 is 0 Å². The highest BCUT2D eigenvalue weighted by molar-refractivity contribution is 5.80. The summed E-state index contributed by atoms with van der Waals surface area (Å²) in [6, 6.07) is 8.87. The van der Waals surface area contributed by atoms with E-state index in [0.29, 0.717) is 25.7 Å². The highest BCUT2D eigenvalue weighted by atomic mass is 16.5. The zero-order valence-corrected chi connectivity index (χ0v) is 16.4. The Morgan fingerprint density at radius 3 is 2.58 bits per heavy atom. The summed E-state index contributed by atoms with van der Waals surface area (Å²) >= 11 is 0. The maximum Gasteiger partial charge on any atom is 0.191 e.